The van der Waals surface area contributed by atoms with Gasteiger partial charge in [-0.3, -0.25) is 61.8 Å². The minimum absolute atomic E-state index is 0.00632. The maximum absolute atomic E-state index is 13.0. The van der Waals surface area contributed by atoms with Gasteiger partial charge in [-0.05, 0) is 193 Å². The lowest BCUT2D eigenvalue weighted by molar-refractivity contribution is 0.240. The molecule has 20 aromatic rings. The van der Waals surface area contributed by atoms with Gasteiger partial charge < -0.3 is 13.4 Å². The van der Waals surface area contributed by atoms with Crippen LogP contribution >= 0.6 is 0 Å². The fourth-order valence-electron chi connectivity index (χ4n) is 18.3. The molecule has 33 heteroatoms. The third-order valence-electron chi connectivity index (χ3n) is 25.6. The second kappa shape index (κ2) is 35.4. The standard InChI is InChI=1S/2C22H21N5O.C21H19N5O2.C20H17N5O2.C19H15N5O2/c1-22(2)11-10-20-23-18-12-15(8-9-17(18)21(28)26(20)14-22)19-13-27(25-24-19)16-6-4-3-5-7-16;1-22(2)11-10-20-24-18-12-15(8-9-17(18)21(28)26(20)14-22)19-13-23-25-27(19)16-6-4-3-5-7-16;1-21(2)9-8-17-23-16-11-13(6-7-14(16)20(27)26(17)12-21)19-24-18(25-28-19)15-5-3-4-10-22-15;1-20(2)10-16-22-15-9-12(6-7-13(15)19(26)25(16)11-20)17-23-24-18(27-17)14-5-3-4-8-21-14;25-19-13-8-7-12(11-15(13)21-16-6-2-4-10-24(16)19)17-22-23-18(26-17)14-5-1-3-9-20-14/h2*3-9,12-13H,10-11,14H2,1-2H3;3-7,10-11H,8-9,12H2,1-2H3;3-9H,10-11H2,1-2H3;1,3,5,7-9,11H,2,4,6,10H2. The van der Waals surface area contributed by atoms with Crippen molar-refractivity contribution in [1.82, 2.24) is 123 Å². The van der Waals surface area contributed by atoms with Crippen molar-refractivity contribution in [2.24, 2.45) is 21.7 Å². The van der Waals surface area contributed by atoms with Crippen molar-refractivity contribution in [2.75, 3.05) is 0 Å². The lowest BCUT2D eigenvalue weighted by Gasteiger charge is -2.31. The summed E-state index contributed by atoms with van der Waals surface area (Å²) in [6, 6.07) is 64.1. The summed E-state index contributed by atoms with van der Waals surface area (Å²) >= 11 is 0. The Kier molecular flexibility index (Phi) is 22.5. The summed E-state index contributed by atoms with van der Waals surface area (Å²) in [5, 5.41) is 40.4. The summed E-state index contributed by atoms with van der Waals surface area (Å²) in [6.45, 7) is 21.0. The van der Waals surface area contributed by atoms with E-state index >= 15 is 0 Å². The van der Waals surface area contributed by atoms with Crippen molar-refractivity contribution in [3.05, 3.63) is 318 Å². The zero-order valence-electron chi connectivity index (χ0n) is 76.6. The molecule has 0 bridgehead atoms. The third kappa shape index (κ3) is 17.8. The van der Waals surface area contributed by atoms with Crippen LogP contribution in [0.4, 0.5) is 0 Å². The van der Waals surface area contributed by atoms with Crippen molar-refractivity contribution < 1.29 is 13.4 Å². The van der Waals surface area contributed by atoms with Crippen LogP contribution in [0.2, 0.25) is 0 Å². The van der Waals surface area contributed by atoms with Gasteiger partial charge in [-0.15, -0.1) is 30.6 Å². The molecule has 0 fully saturated rings. The molecule has 5 aliphatic heterocycles. The molecule has 0 atom stereocenters. The maximum atomic E-state index is 13.0. The monoisotopic (exact) mass is 1820 g/mol. The van der Waals surface area contributed by atoms with Gasteiger partial charge >= 0.3 is 0 Å². The van der Waals surface area contributed by atoms with Crippen LogP contribution in [0.25, 0.3) is 157 Å². The molecule has 0 saturated heterocycles. The Morgan fingerprint density at radius 1 is 0.328 bits per heavy atom. The highest BCUT2D eigenvalue weighted by atomic mass is 16.5. The first-order valence-corrected chi connectivity index (χ1v) is 45.7. The zero-order valence-corrected chi connectivity index (χ0v) is 76.6. The van der Waals surface area contributed by atoms with Crippen LogP contribution in [0.3, 0.4) is 0 Å². The summed E-state index contributed by atoms with van der Waals surface area (Å²) in [7, 11) is 0. The van der Waals surface area contributed by atoms with Gasteiger partial charge in [-0.1, -0.05) is 138 Å². The summed E-state index contributed by atoms with van der Waals surface area (Å²) in [4.78, 5) is 105. The highest BCUT2D eigenvalue weighted by Crippen LogP contribution is 2.38. The minimum Gasteiger partial charge on any atom is -0.415 e. The number of benzene rings is 7. The first-order valence-electron chi connectivity index (χ1n) is 45.7. The average molecular weight is 1820 g/mol. The summed E-state index contributed by atoms with van der Waals surface area (Å²) < 4.78 is 29.6. The number of hydrogen-bond donors (Lipinski definition) is 0. The summed E-state index contributed by atoms with van der Waals surface area (Å²) in [5.74, 6) is 6.56. The summed E-state index contributed by atoms with van der Waals surface area (Å²) in [6.07, 6.45) is 17.9. The van der Waals surface area contributed by atoms with E-state index in [0.717, 1.165) is 175 Å². The van der Waals surface area contributed by atoms with Crippen LogP contribution in [-0.4, -0.2) is 123 Å². The van der Waals surface area contributed by atoms with E-state index in [1.807, 2.05) is 208 Å². The van der Waals surface area contributed by atoms with Gasteiger partial charge in [0.25, 0.3) is 45.5 Å². The number of nitrogens with zero attached hydrogens (tertiary/aromatic N) is 25. The quantitative estimate of drug-likeness (QED) is 0.123. The van der Waals surface area contributed by atoms with E-state index in [9.17, 15) is 24.0 Å². The summed E-state index contributed by atoms with van der Waals surface area (Å²) in [5.41, 5.74) is 13.4. The van der Waals surface area contributed by atoms with Crippen molar-refractivity contribution >= 4 is 54.5 Å². The lowest BCUT2D eigenvalue weighted by Crippen LogP contribution is -2.36. The molecule has 13 aromatic heterocycles. The van der Waals surface area contributed by atoms with Gasteiger partial charge in [-0.25, -0.2) is 34.3 Å². The molecule has 7 aromatic carbocycles. The van der Waals surface area contributed by atoms with Crippen LogP contribution in [-0.2, 0) is 64.8 Å². The molecule has 0 unspecified atom stereocenters. The average Bonchev–Trinajstić information content (AvgIpc) is 1.76. The molecular formula is C104H93N25O8. The van der Waals surface area contributed by atoms with E-state index < -0.39 is 0 Å². The van der Waals surface area contributed by atoms with Crippen LogP contribution in [0.5, 0.6) is 0 Å². The number of para-hydroxylation sites is 2. The zero-order chi connectivity index (χ0) is 94.0. The number of rotatable bonds is 10. The molecule has 0 radical (unpaired) electrons. The van der Waals surface area contributed by atoms with Gasteiger partial charge in [0.05, 0.1) is 84.0 Å². The number of aryl methyl sites for hydroxylation is 4. The second-order valence-electron chi connectivity index (χ2n) is 38.3. The van der Waals surface area contributed by atoms with E-state index in [2.05, 4.69) is 126 Å². The van der Waals surface area contributed by atoms with Gasteiger partial charge in [0.2, 0.25) is 17.6 Å². The van der Waals surface area contributed by atoms with Gasteiger partial charge in [0, 0.05) is 111 Å². The van der Waals surface area contributed by atoms with Gasteiger partial charge in [0.1, 0.15) is 51.9 Å². The molecule has 0 saturated carbocycles. The van der Waals surface area contributed by atoms with Gasteiger partial charge in [0.15, 0.2) is 0 Å². The molecule has 25 rings (SSSR count). The number of fused-ring (bicyclic) bond motifs is 10. The van der Waals surface area contributed by atoms with E-state index in [-0.39, 0.29) is 49.5 Å². The van der Waals surface area contributed by atoms with Gasteiger partial charge in [-0.2, -0.15) is 4.98 Å². The molecule has 33 nitrogen and oxygen atoms in total. The topological polar surface area (TPSA) is 391 Å². The van der Waals surface area contributed by atoms with Crippen molar-refractivity contribution in [1.29, 1.82) is 0 Å². The van der Waals surface area contributed by atoms with E-state index in [0.29, 0.717) is 109 Å². The maximum Gasteiger partial charge on any atom is 0.266 e. The third-order valence-corrected chi connectivity index (χ3v) is 25.6. The van der Waals surface area contributed by atoms with E-state index in [1.165, 1.54) is 0 Å². The lowest BCUT2D eigenvalue weighted by atomic mass is 9.85. The van der Waals surface area contributed by atoms with Crippen molar-refractivity contribution in [3.63, 3.8) is 0 Å². The number of aromatic nitrogens is 25. The largest absolute Gasteiger partial charge is 0.415 e. The number of pyridine rings is 3. The Morgan fingerprint density at radius 3 is 1.20 bits per heavy atom. The van der Waals surface area contributed by atoms with E-state index in [1.54, 1.807) is 61.5 Å². The predicted molar refractivity (Wildman–Crippen MR) is 517 cm³/mol. The highest BCUT2D eigenvalue weighted by Gasteiger charge is 2.34. The molecule has 682 valence electrons. The van der Waals surface area contributed by atoms with Crippen LogP contribution < -0.4 is 27.8 Å². The molecule has 0 N–H and O–H groups in total. The van der Waals surface area contributed by atoms with E-state index in [4.69, 9.17) is 33.3 Å². The highest BCUT2D eigenvalue weighted by molar-refractivity contribution is 5.87. The SMILES string of the molecule is CC1(C)CCc2nc3cc(-c4cn(-c5ccccc5)nn4)ccc3c(=O)n2C1.CC1(C)CCc2nc3cc(-c4cnnn4-c4ccccc4)ccc3c(=O)n2C1.CC1(C)CCc2nc3cc(-c4nc(-c5ccccn5)no4)ccc3c(=O)n2C1.CC1(C)Cc2nc3cc(-c4nnc(-c5ccccn5)o4)ccc3c(=O)n2C1.O=c1c2ccc(-c3nnc(-c4ccccn4)o3)cc2nc2n1CCCC2. The smallest absolute Gasteiger partial charge is 0.266 e. The fraction of sp³-hybridized carbons (Fsp3) is 0.260. The minimum atomic E-state index is 0.00632. The number of hydrogen-bond acceptors (Lipinski definition) is 26. The normalized spacial score (nSPS) is 15.1. The molecule has 18 heterocycles. The molecule has 0 amide bonds. The van der Waals surface area contributed by atoms with Crippen molar-refractivity contribution in [2.45, 2.75) is 152 Å². The van der Waals surface area contributed by atoms with Crippen LogP contribution in [0.15, 0.2) is 275 Å². The fourth-order valence-corrected chi connectivity index (χ4v) is 18.3. The van der Waals surface area contributed by atoms with Crippen molar-refractivity contribution in [3.8, 4) is 103 Å². The molecular weight excluding hydrogens is 1730 g/mol. The Morgan fingerprint density at radius 2 is 0.723 bits per heavy atom. The predicted octanol–water partition coefficient (Wildman–Crippen LogP) is 16.6. The molecule has 5 aliphatic rings. The Bertz CT molecular complexity index is 8170. The Balaban J connectivity index is 0.000000102. The van der Waals surface area contributed by atoms with Crippen LogP contribution in [0.1, 0.15) is 117 Å². The Labute approximate surface area is 781 Å². The molecule has 137 heavy (non-hydrogen) atoms. The first-order chi connectivity index (χ1) is 66.3. The second-order valence-corrected chi connectivity index (χ2v) is 38.3. The molecule has 0 spiro atoms. The molecule has 0 aliphatic carbocycles. The van der Waals surface area contributed by atoms with Crippen LogP contribution in [0, 0.1) is 21.7 Å². The first kappa shape index (κ1) is 87.1. The Hall–Kier alpha value is -16.6.